The number of nitrogens with one attached hydrogen (secondary N) is 2. The van der Waals surface area contributed by atoms with Gasteiger partial charge in [-0.2, -0.15) is 0 Å². The van der Waals surface area contributed by atoms with E-state index in [0.717, 1.165) is 16.9 Å². The molecular formula is C18H25N3O2S. The first-order valence-corrected chi connectivity index (χ1v) is 8.28. The van der Waals surface area contributed by atoms with Crippen LogP contribution in [0.4, 0.5) is 5.69 Å². The van der Waals surface area contributed by atoms with E-state index in [0.29, 0.717) is 10.7 Å². The molecule has 0 spiro atoms. The van der Waals surface area contributed by atoms with Crippen molar-refractivity contribution < 1.29 is 9.53 Å². The molecule has 1 aromatic carbocycles. The average Bonchev–Trinajstić information content (AvgIpc) is 2.44. The molecule has 130 valence electrons. The largest absolute Gasteiger partial charge is 0.456 e. The van der Waals surface area contributed by atoms with Crippen molar-refractivity contribution in [3.05, 3.63) is 41.1 Å². The van der Waals surface area contributed by atoms with Crippen molar-refractivity contribution in [2.24, 2.45) is 0 Å². The predicted molar refractivity (Wildman–Crippen MR) is 101 cm³/mol. The summed E-state index contributed by atoms with van der Waals surface area (Å²) in [6, 6.07) is 7.70. The van der Waals surface area contributed by atoms with E-state index in [1.807, 2.05) is 71.0 Å². The van der Waals surface area contributed by atoms with E-state index in [-0.39, 0.29) is 12.0 Å². The highest BCUT2D eigenvalue weighted by molar-refractivity contribution is 7.80. The first-order valence-electron chi connectivity index (χ1n) is 7.87. The molecule has 0 aromatic heterocycles. The maximum atomic E-state index is 12.7. The number of benzene rings is 1. The van der Waals surface area contributed by atoms with Crippen molar-refractivity contribution in [1.82, 2.24) is 10.6 Å². The van der Waals surface area contributed by atoms with Crippen molar-refractivity contribution in [1.29, 1.82) is 0 Å². The highest BCUT2D eigenvalue weighted by Gasteiger charge is 2.32. The Morgan fingerprint density at radius 1 is 1.21 bits per heavy atom. The third kappa shape index (κ3) is 4.26. The van der Waals surface area contributed by atoms with Crippen LogP contribution in [0.25, 0.3) is 0 Å². The smallest absolute Gasteiger partial charge is 0.338 e. The van der Waals surface area contributed by atoms with Crippen molar-refractivity contribution in [2.75, 3.05) is 19.0 Å². The van der Waals surface area contributed by atoms with Gasteiger partial charge in [0.2, 0.25) is 0 Å². The van der Waals surface area contributed by atoms with Crippen molar-refractivity contribution >= 4 is 29.0 Å². The Balaban J connectivity index is 2.39. The summed E-state index contributed by atoms with van der Waals surface area (Å²) in [6.07, 6.45) is 0. The molecule has 0 bridgehead atoms. The van der Waals surface area contributed by atoms with Crippen LogP contribution < -0.4 is 15.5 Å². The summed E-state index contributed by atoms with van der Waals surface area (Å²) >= 11 is 5.26. The van der Waals surface area contributed by atoms with Crippen LogP contribution in [0.3, 0.4) is 0 Å². The Labute approximate surface area is 149 Å². The summed E-state index contributed by atoms with van der Waals surface area (Å²) in [6.45, 7) is 7.41. The molecule has 0 saturated heterocycles. The number of esters is 1. The molecule has 2 rings (SSSR count). The van der Waals surface area contributed by atoms with Crippen LogP contribution in [0.1, 0.15) is 39.3 Å². The van der Waals surface area contributed by atoms with Crippen LogP contribution in [0.2, 0.25) is 0 Å². The van der Waals surface area contributed by atoms with Crippen LogP contribution >= 0.6 is 12.2 Å². The zero-order valence-corrected chi connectivity index (χ0v) is 15.9. The van der Waals surface area contributed by atoms with Gasteiger partial charge in [-0.1, -0.05) is 12.1 Å². The molecule has 2 N–H and O–H groups in total. The Morgan fingerprint density at radius 2 is 1.79 bits per heavy atom. The van der Waals surface area contributed by atoms with Crippen molar-refractivity contribution in [3.8, 4) is 0 Å². The molecule has 6 heteroatoms. The Kier molecular flexibility index (Phi) is 5.18. The molecule has 1 aliphatic rings. The van der Waals surface area contributed by atoms with E-state index >= 15 is 0 Å². The molecule has 0 radical (unpaired) electrons. The molecule has 0 aliphatic carbocycles. The normalized spacial score (nSPS) is 17.9. The third-order valence-electron chi connectivity index (χ3n) is 3.63. The zero-order chi connectivity index (χ0) is 18.1. The van der Waals surface area contributed by atoms with E-state index in [1.54, 1.807) is 0 Å². The second-order valence-electron chi connectivity index (χ2n) is 7.06. The first-order chi connectivity index (χ1) is 11.1. The van der Waals surface area contributed by atoms with E-state index in [4.69, 9.17) is 17.0 Å². The van der Waals surface area contributed by atoms with Gasteiger partial charge in [0.05, 0.1) is 11.6 Å². The van der Waals surface area contributed by atoms with Crippen LogP contribution in [0, 0.1) is 0 Å². The number of carbonyl (C=O) groups is 1. The molecule has 1 aliphatic heterocycles. The number of allylic oxidation sites excluding steroid dienone is 1. The molecule has 24 heavy (non-hydrogen) atoms. The highest BCUT2D eigenvalue weighted by Crippen LogP contribution is 2.30. The summed E-state index contributed by atoms with van der Waals surface area (Å²) in [5.74, 6) is -0.343. The summed E-state index contributed by atoms with van der Waals surface area (Å²) in [5, 5.41) is 6.69. The van der Waals surface area contributed by atoms with Crippen LogP contribution in [0.15, 0.2) is 35.5 Å². The molecule has 0 fully saturated rings. The lowest BCUT2D eigenvalue weighted by atomic mass is 9.95. The van der Waals surface area contributed by atoms with E-state index in [2.05, 4.69) is 10.6 Å². The van der Waals surface area contributed by atoms with Gasteiger partial charge in [0.25, 0.3) is 0 Å². The maximum absolute atomic E-state index is 12.7. The third-order valence-corrected chi connectivity index (χ3v) is 3.85. The van der Waals surface area contributed by atoms with Gasteiger partial charge in [-0.15, -0.1) is 0 Å². The van der Waals surface area contributed by atoms with Gasteiger partial charge >= 0.3 is 5.97 Å². The fraction of sp³-hybridized carbons (Fsp3) is 0.444. The lowest BCUT2D eigenvalue weighted by Crippen LogP contribution is -2.45. The second-order valence-corrected chi connectivity index (χ2v) is 7.47. The topological polar surface area (TPSA) is 53.6 Å². The first kappa shape index (κ1) is 18.3. The number of nitrogens with zero attached hydrogens (tertiary/aromatic N) is 1. The van der Waals surface area contributed by atoms with Gasteiger partial charge in [0, 0.05) is 25.5 Å². The quantitative estimate of drug-likeness (QED) is 0.648. The van der Waals surface area contributed by atoms with Crippen LogP contribution in [-0.2, 0) is 9.53 Å². The minimum absolute atomic E-state index is 0.329. The summed E-state index contributed by atoms with van der Waals surface area (Å²) in [7, 11) is 3.98. The van der Waals surface area contributed by atoms with Gasteiger partial charge in [0.1, 0.15) is 5.60 Å². The SMILES string of the molecule is CC1=C(C(=O)OC(C)(C)C)[C@H](c2ccc(N(C)C)cc2)NC(=S)N1. The number of anilines is 1. The maximum Gasteiger partial charge on any atom is 0.338 e. The lowest BCUT2D eigenvalue weighted by molar-refractivity contribution is -0.150. The summed E-state index contributed by atoms with van der Waals surface area (Å²) in [4.78, 5) is 14.7. The Hall–Kier alpha value is -2.08. The Morgan fingerprint density at radius 3 is 2.29 bits per heavy atom. The van der Waals surface area contributed by atoms with Crippen molar-refractivity contribution in [2.45, 2.75) is 39.3 Å². The molecule has 0 saturated carbocycles. The summed E-state index contributed by atoms with van der Waals surface area (Å²) in [5.41, 5.74) is 2.77. The number of carbonyl (C=O) groups excluding carboxylic acids is 1. The van der Waals surface area contributed by atoms with Crippen LogP contribution in [-0.4, -0.2) is 30.8 Å². The molecule has 1 heterocycles. The van der Waals surface area contributed by atoms with E-state index in [1.165, 1.54) is 0 Å². The number of hydrogen-bond donors (Lipinski definition) is 2. The second kappa shape index (κ2) is 6.81. The number of rotatable bonds is 3. The van der Waals surface area contributed by atoms with Crippen LogP contribution in [0.5, 0.6) is 0 Å². The number of hydrogen-bond acceptors (Lipinski definition) is 4. The number of thiocarbonyl (C=S) groups is 1. The fourth-order valence-electron chi connectivity index (χ4n) is 2.51. The fourth-order valence-corrected chi connectivity index (χ4v) is 2.78. The molecular weight excluding hydrogens is 322 g/mol. The standard InChI is InChI=1S/C18H25N3O2S/c1-11-14(16(22)23-18(2,3)4)15(20-17(24)19-11)12-7-9-13(10-8-12)21(5)6/h7-10,15H,1-6H3,(H2,19,20,24)/t15-/m0/s1. The number of ether oxygens (including phenoxy) is 1. The minimum atomic E-state index is -0.554. The van der Waals surface area contributed by atoms with Gasteiger partial charge in [-0.25, -0.2) is 4.79 Å². The van der Waals surface area contributed by atoms with Gasteiger partial charge in [-0.3, -0.25) is 0 Å². The molecule has 1 atom stereocenters. The monoisotopic (exact) mass is 347 g/mol. The zero-order valence-electron chi connectivity index (χ0n) is 15.1. The highest BCUT2D eigenvalue weighted by atomic mass is 32.1. The van der Waals surface area contributed by atoms with Gasteiger partial charge in [0.15, 0.2) is 5.11 Å². The van der Waals surface area contributed by atoms with Gasteiger partial charge in [-0.05, 0) is 57.6 Å². The lowest BCUT2D eigenvalue weighted by Gasteiger charge is -2.31. The Bertz CT molecular complexity index is 672. The average molecular weight is 347 g/mol. The van der Waals surface area contributed by atoms with E-state index in [9.17, 15) is 4.79 Å². The molecule has 0 amide bonds. The molecule has 0 unspecified atom stereocenters. The molecule has 5 nitrogen and oxygen atoms in total. The predicted octanol–water partition coefficient (Wildman–Crippen LogP) is 2.89. The van der Waals surface area contributed by atoms with Gasteiger partial charge < -0.3 is 20.3 Å². The van der Waals surface area contributed by atoms with Crippen molar-refractivity contribution in [3.63, 3.8) is 0 Å². The summed E-state index contributed by atoms with van der Waals surface area (Å²) < 4.78 is 5.57. The minimum Gasteiger partial charge on any atom is -0.456 e. The van der Waals surface area contributed by atoms with E-state index < -0.39 is 5.60 Å². The molecule has 1 aromatic rings.